The number of aromatic amines is 1. The van der Waals surface area contributed by atoms with Gasteiger partial charge in [0.15, 0.2) is 5.79 Å². The summed E-state index contributed by atoms with van der Waals surface area (Å²) in [6, 6.07) is 15.6. The molecule has 1 fully saturated rings. The number of imidazole rings is 1. The molecule has 1 aliphatic rings. The Balaban J connectivity index is 0.00000256. The van der Waals surface area contributed by atoms with Gasteiger partial charge in [-0.15, -0.1) is 12.4 Å². The number of nitrogens with zero attached hydrogens (tertiary/aromatic N) is 1. The van der Waals surface area contributed by atoms with Gasteiger partial charge in [-0.05, 0) is 48.4 Å². The van der Waals surface area contributed by atoms with E-state index in [1.165, 1.54) is 5.56 Å². The van der Waals surface area contributed by atoms with Crippen LogP contribution in [-0.2, 0) is 22.3 Å². The second-order valence-corrected chi connectivity index (χ2v) is 8.42. The number of benzene rings is 2. The maximum absolute atomic E-state index is 6.37. The van der Waals surface area contributed by atoms with Crippen LogP contribution in [0, 0.1) is 0 Å². The topological polar surface area (TPSA) is 56.4 Å². The summed E-state index contributed by atoms with van der Waals surface area (Å²) in [6.45, 7) is 0.917. The van der Waals surface area contributed by atoms with Crippen molar-refractivity contribution in [3.05, 3.63) is 81.8 Å². The van der Waals surface area contributed by atoms with Crippen LogP contribution in [0.5, 0.6) is 5.75 Å². The van der Waals surface area contributed by atoms with Crippen molar-refractivity contribution < 1.29 is 14.2 Å². The molecule has 4 rings (SSSR count). The number of hydrogen-bond donors (Lipinski definition) is 1. The molecule has 2 atom stereocenters. The smallest absolute Gasteiger partial charge is 0.176 e. The zero-order valence-corrected chi connectivity index (χ0v) is 19.4. The number of nitrogens with one attached hydrogen (secondary N) is 1. The van der Waals surface area contributed by atoms with Crippen molar-refractivity contribution in [3.63, 3.8) is 0 Å². The molecule has 160 valence electrons. The lowest BCUT2D eigenvalue weighted by molar-refractivity contribution is -0.174. The molecule has 30 heavy (non-hydrogen) atoms. The van der Waals surface area contributed by atoms with Gasteiger partial charge >= 0.3 is 0 Å². The van der Waals surface area contributed by atoms with Gasteiger partial charge in [0.2, 0.25) is 0 Å². The first-order valence-corrected chi connectivity index (χ1v) is 10.7. The molecular formula is C22H23BrCl2N2O3. The SMILES string of the molecule is Cl.Clc1ccc(CCC2(Cc3ncc[nH]3)OCC(COc3ccc(Br)cc3)O2)cc1. The Morgan fingerprint density at radius 3 is 2.63 bits per heavy atom. The summed E-state index contributed by atoms with van der Waals surface area (Å²) in [5, 5.41) is 0.734. The van der Waals surface area contributed by atoms with E-state index in [2.05, 4.69) is 25.9 Å². The van der Waals surface area contributed by atoms with E-state index in [0.29, 0.717) is 26.1 Å². The van der Waals surface area contributed by atoms with Crippen LogP contribution in [0.2, 0.25) is 5.02 Å². The number of rotatable bonds is 8. The highest BCUT2D eigenvalue weighted by Crippen LogP contribution is 2.32. The fourth-order valence-corrected chi connectivity index (χ4v) is 3.76. The van der Waals surface area contributed by atoms with Crippen LogP contribution >= 0.6 is 39.9 Å². The predicted molar refractivity (Wildman–Crippen MR) is 123 cm³/mol. The van der Waals surface area contributed by atoms with E-state index in [0.717, 1.165) is 27.5 Å². The van der Waals surface area contributed by atoms with Crippen LogP contribution in [-0.4, -0.2) is 35.1 Å². The Morgan fingerprint density at radius 2 is 1.93 bits per heavy atom. The number of ether oxygens (including phenoxy) is 3. The van der Waals surface area contributed by atoms with Crippen molar-refractivity contribution in [1.82, 2.24) is 9.97 Å². The Labute approximate surface area is 195 Å². The first-order valence-electron chi connectivity index (χ1n) is 9.53. The standard InChI is InChI=1S/C22H22BrClN2O3.ClH/c23-17-3-7-19(8-4-17)27-14-20-15-28-22(29-20,13-21-25-11-12-26-21)10-9-16-1-5-18(24)6-2-16;/h1-8,11-12,20H,9-10,13-15H2,(H,25,26);1H. The molecule has 0 bridgehead atoms. The predicted octanol–water partition coefficient (Wildman–Crippen LogP) is 5.61. The lowest BCUT2D eigenvalue weighted by Crippen LogP contribution is -2.35. The fraction of sp³-hybridized carbons (Fsp3) is 0.318. The van der Waals surface area contributed by atoms with Gasteiger partial charge in [-0.1, -0.05) is 39.7 Å². The molecule has 3 aromatic rings. The summed E-state index contributed by atoms with van der Waals surface area (Å²) in [5.74, 6) is 0.919. The average molecular weight is 514 g/mol. The van der Waals surface area contributed by atoms with Gasteiger partial charge in [0.1, 0.15) is 24.3 Å². The summed E-state index contributed by atoms with van der Waals surface area (Å²) in [7, 11) is 0. The molecule has 2 unspecified atom stereocenters. The fourth-order valence-electron chi connectivity index (χ4n) is 3.37. The Morgan fingerprint density at radius 1 is 1.17 bits per heavy atom. The van der Waals surface area contributed by atoms with Crippen molar-refractivity contribution in [3.8, 4) is 5.75 Å². The van der Waals surface area contributed by atoms with Gasteiger partial charge in [-0.3, -0.25) is 0 Å². The number of halogens is 3. The van der Waals surface area contributed by atoms with Crippen LogP contribution in [0.25, 0.3) is 0 Å². The quantitative estimate of drug-likeness (QED) is 0.425. The lowest BCUT2D eigenvalue weighted by atomic mass is 10.0. The van der Waals surface area contributed by atoms with Crippen LogP contribution in [0.3, 0.4) is 0 Å². The molecule has 0 amide bonds. The summed E-state index contributed by atoms with van der Waals surface area (Å²) >= 11 is 9.43. The minimum Gasteiger partial charge on any atom is -0.491 e. The first-order chi connectivity index (χ1) is 14.1. The van der Waals surface area contributed by atoms with Crippen molar-refractivity contribution in [2.45, 2.75) is 31.2 Å². The third-order valence-corrected chi connectivity index (χ3v) is 5.64. The summed E-state index contributed by atoms with van der Waals surface area (Å²) in [6.07, 6.45) is 5.50. The number of hydrogen-bond acceptors (Lipinski definition) is 4. The third kappa shape index (κ3) is 6.22. The molecule has 1 aliphatic heterocycles. The molecule has 0 radical (unpaired) electrons. The number of aryl methyl sites for hydroxylation is 1. The Hall–Kier alpha value is -1.57. The zero-order chi connectivity index (χ0) is 20.1. The van der Waals surface area contributed by atoms with Crippen LogP contribution in [0.1, 0.15) is 17.8 Å². The molecule has 1 saturated heterocycles. The monoisotopic (exact) mass is 512 g/mol. The summed E-state index contributed by atoms with van der Waals surface area (Å²) in [4.78, 5) is 7.50. The molecule has 0 saturated carbocycles. The molecular weight excluding hydrogens is 491 g/mol. The van der Waals surface area contributed by atoms with E-state index in [1.54, 1.807) is 6.20 Å². The minimum absolute atomic E-state index is 0. The first kappa shape index (κ1) is 23.1. The molecule has 0 aliphatic carbocycles. The molecule has 1 aromatic heterocycles. The maximum Gasteiger partial charge on any atom is 0.176 e. The van der Waals surface area contributed by atoms with Gasteiger partial charge in [0, 0.05) is 28.3 Å². The van der Waals surface area contributed by atoms with Gasteiger partial charge < -0.3 is 19.2 Å². The van der Waals surface area contributed by atoms with Gasteiger partial charge in [-0.25, -0.2) is 4.98 Å². The largest absolute Gasteiger partial charge is 0.491 e. The molecule has 2 heterocycles. The van der Waals surface area contributed by atoms with E-state index < -0.39 is 5.79 Å². The van der Waals surface area contributed by atoms with Gasteiger partial charge in [0.05, 0.1) is 13.0 Å². The van der Waals surface area contributed by atoms with Crippen LogP contribution in [0.4, 0.5) is 0 Å². The van der Waals surface area contributed by atoms with E-state index in [4.69, 9.17) is 25.8 Å². The van der Waals surface area contributed by atoms with Crippen LogP contribution in [0.15, 0.2) is 65.4 Å². The highest BCUT2D eigenvalue weighted by atomic mass is 79.9. The van der Waals surface area contributed by atoms with Crippen LogP contribution < -0.4 is 4.74 Å². The van der Waals surface area contributed by atoms with E-state index in [1.807, 2.05) is 54.7 Å². The number of aromatic nitrogens is 2. The molecule has 5 nitrogen and oxygen atoms in total. The van der Waals surface area contributed by atoms with E-state index in [9.17, 15) is 0 Å². The van der Waals surface area contributed by atoms with Crippen molar-refractivity contribution in [1.29, 1.82) is 0 Å². The molecule has 8 heteroatoms. The second kappa shape index (κ2) is 10.6. The van der Waals surface area contributed by atoms with Crippen molar-refractivity contribution in [2.24, 2.45) is 0 Å². The highest BCUT2D eigenvalue weighted by Gasteiger charge is 2.42. The Kier molecular flexibility index (Phi) is 8.20. The zero-order valence-electron chi connectivity index (χ0n) is 16.2. The second-order valence-electron chi connectivity index (χ2n) is 7.07. The summed E-state index contributed by atoms with van der Waals surface area (Å²) in [5.41, 5.74) is 1.19. The average Bonchev–Trinajstić information content (AvgIpc) is 3.38. The number of H-pyrrole nitrogens is 1. The van der Waals surface area contributed by atoms with Gasteiger partial charge in [-0.2, -0.15) is 0 Å². The highest BCUT2D eigenvalue weighted by molar-refractivity contribution is 9.10. The van der Waals surface area contributed by atoms with E-state index >= 15 is 0 Å². The molecule has 2 aromatic carbocycles. The Bertz CT molecular complexity index is 907. The van der Waals surface area contributed by atoms with Crippen molar-refractivity contribution in [2.75, 3.05) is 13.2 Å². The minimum atomic E-state index is -0.731. The molecule has 1 N–H and O–H groups in total. The van der Waals surface area contributed by atoms with Crippen molar-refractivity contribution >= 4 is 39.9 Å². The third-order valence-electron chi connectivity index (χ3n) is 4.86. The normalized spacial score (nSPS) is 20.7. The maximum atomic E-state index is 6.37. The van der Waals surface area contributed by atoms with E-state index in [-0.39, 0.29) is 18.5 Å². The lowest BCUT2D eigenvalue weighted by Gasteiger charge is -2.27. The van der Waals surface area contributed by atoms with Gasteiger partial charge in [0.25, 0.3) is 0 Å². The molecule has 0 spiro atoms. The summed E-state index contributed by atoms with van der Waals surface area (Å²) < 4.78 is 19.5.